The molecule has 10 nitrogen and oxygen atoms in total. The summed E-state index contributed by atoms with van der Waals surface area (Å²) >= 11 is 0. The average molecular weight is 593 g/mol. The molecule has 0 bridgehead atoms. The van der Waals surface area contributed by atoms with Crippen LogP contribution in [0.3, 0.4) is 0 Å². The summed E-state index contributed by atoms with van der Waals surface area (Å²) < 4.78 is 17.4. The number of benzene rings is 4. The van der Waals surface area contributed by atoms with E-state index < -0.39 is 18.3 Å². The van der Waals surface area contributed by atoms with Crippen LogP contribution in [-0.4, -0.2) is 30.3 Å². The third-order valence-electron chi connectivity index (χ3n) is 6.50. The van der Waals surface area contributed by atoms with Crippen molar-refractivity contribution in [1.29, 1.82) is 5.26 Å². The molecular weight excluding hydrogens is 560 g/mol. The summed E-state index contributed by atoms with van der Waals surface area (Å²) in [7, 11) is 1.43. The molecular formula is C34H32N4O6. The van der Waals surface area contributed by atoms with Gasteiger partial charge in [0.25, 0.3) is 0 Å². The predicted molar refractivity (Wildman–Crippen MR) is 167 cm³/mol. The van der Waals surface area contributed by atoms with Gasteiger partial charge in [-0.1, -0.05) is 42.5 Å². The van der Waals surface area contributed by atoms with Gasteiger partial charge in [-0.3, -0.25) is 10.1 Å². The number of carbonyl (C=O) groups excluding carboxylic acids is 2. The van der Waals surface area contributed by atoms with E-state index in [9.17, 15) is 14.7 Å². The number of phenolic OH excluding ortho intramolecular Hbond substituents is 1. The second-order valence-electron chi connectivity index (χ2n) is 9.60. The predicted octanol–water partition coefficient (Wildman–Crippen LogP) is 6.57. The van der Waals surface area contributed by atoms with E-state index in [1.54, 1.807) is 78.9 Å². The maximum Gasteiger partial charge on any atom is 0.412 e. The van der Waals surface area contributed by atoms with Crippen LogP contribution in [0.5, 0.6) is 17.2 Å². The number of nitrogen functional groups attached to an aromatic ring is 1. The van der Waals surface area contributed by atoms with Crippen molar-refractivity contribution < 1.29 is 28.9 Å². The van der Waals surface area contributed by atoms with Crippen molar-refractivity contribution in [2.24, 2.45) is 0 Å². The zero-order valence-corrected chi connectivity index (χ0v) is 24.0. The van der Waals surface area contributed by atoms with E-state index in [2.05, 4.69) is 10.6 Å². The summed E-state index contributed by atoms with van der Waals surface area (Å²) in [5.41, 5.74) is 8.21. The van der Waals surface area contributed by atoms with Crippen molar-refractivity contribution >= 4 is 29.1 Å². The number of amides is 2. The van der Waals surface area contributed by atoms with Crippen molar-refractivity contribution in [1.82, 2.24) is 0 Å². The highest BCUT2D eigenvalue weighted by molar-refractivity contribution is 6.01. The third-order valence-corrected chi connectivity index (χ3v) is 6.50. The summed E-state index contributed by atoms with van der Waals surface area (Å²) in [6.07, 6.45) is 1.30. The standard InChI is InChI=1S/C34H32N4O6/c1-42-30-20-17-24(21-29(30)39)33(44-34(41)37-25-18-15-23(22-35)16-19-25)31(43-26-9-3-2-4-10-26)13-7-8-14-32(40)38-28-12-6-5-11-27(28)36/h2-6,8-12,14-21,31,33,39H,7,13,36H2,1H3,(H,37,41)(H,38,40)/b14-8+/t31-,33-/m0/s1. The lowest BCUT2D eigenvalue weighted by Gasteiger charge is -2.28. The summed E-state index contributed by atoms with van der Waals surface area (Å²) in [4.78, 5) is 25.6. The number of ether oxygens (including phenoxy) is 3. The molecule has 0 aliphatic carbocycles. The second-order valence-corrected chi connectivity index (χ2v) is 9.60. The van der Waals surface area contributed by atoms with E-state index in [4.69, 9.17) is 25.2 Å². The number of allylic oxidation sites excluding steroid dienone is 1. The van der Waals surface area contributed by atoms with Gasteiger partial charge in [0.05, 0.1) is 30.1 Å². The van der Waals surface area contributed by atoms with Crippen LogP contribution in [0.4, 0.5) is 21.9 Å². The molecule has 2 amide bonds. The molecule has 0 saturated heterocycles. The van der Waals surface area contributed by atoms with Gasteiger partial charge in [-0.15, -0.1) is 0 Å². The molecule has 0 saturated carbocycles. The highest BCUT2D eigenvalue weighted by atomic mass is 16.6. The third kappa shape index (κ3) is 8.77. The van der Waals surface area contributed by atoms with E-state index in [0.29, 0.717) is 46.8 Å². The smallest absolute Gasteiger partial charge is 0.412 e. The van der Waals surface area contributed by atoms with E-state index in [0.717, 1.165) is 0 Å². The zero-order chi connectivity index (χ0) is 31.3. The Balaban J connectivity index is 1.56. The average Bonchev–Trinajstić information content (AvgIpc) is 3.03. The maximum atomic E-state index is 13.1. The highest BCUT2D eigenvalue weighted by Gasteiger charge is 2.30. The van der Waals surface area contributed by atoms with E-state index >= 15 is 0 Å². The fraction of sp³-hybridized carbons (Fsp3) is 0.147. The van der Waals surface area contributed by atoms with Crippen LogP contribution in [0.1, 0.15) is 30.1 Å². The lowest BCUT2D eigenvalue weighted by Crippen LogP contribution is -2.31. The van der Waals surface area contributed by atoms with Gasteiger partial charge >= 0.3 is 6.09 Å². The molecule has 10 heteroatoms. The molecule has 0 radical (unpaired) electrons. The number of nitrogens with zero attached hydrogens (tertiary/aromatic N) is 1. The van der Waals surface area contributed by atoms with Gasteiger partial charge in [-0.05, 0) is 79.6 Å². The van der Waals surface area contributed by atoms with Crippen LogP contribution in [0.2, 0.25) is 0 Å². The van der Waals surface area contributed by atoms with Gasteiger partial charge in [0.1, 0.15) is 11.9 Å². The molecule has 0 fully saturated rings. The lowest BCUT2D eigenvalue weighted by molar-refractivity contribution is -0.111. The number of para-hydroxylation sites is 3. The number of methoxy groups -OCH3 is 1. The first-order valence-corrected chi connectivity index (χ1v) is 13.7. The largest absolute Gasteiger partial charge is 0.504 e. The number of anilines is 3. The Bertz CT molecular complexity index is 1630. The molecule has 0 aliphatic rings. The molecule has 4 aromatic carbocycles. The number of hydrogen-bond acceptors (Lipinski definition) is 8. The van der Waals surface area contributed by atoms with Crippen LogP contribution in [-0.2, 0) is 9.53 Å². The Morgan fingerprint density at radius 1 is 0.977 bits per heavy atom. The SMILES string of the molecule is COc1ccc([C@H](OC(=O)Nc2ccc(C#N)cc2)[C@H](CC/C=C/C(=O)Nc2ccccc2N)Oc2ccccc2)cc1O. The highest BCUT2D eigenvalue weighted by Crippen LogP contribution is 2.34. The molecule has 0 unspecified atom stereocenters. The number of rotatable bonds is 12. The number of hydrogen-bond donors (Lipinski definition) is 4. The Morgan fingerprint density at radius 2 is 1.70 bits per heavy atom. The van der Waals surface area contributed by atoms with Gasteiger partial charge < -0.3 is 30.4 Å². The lowest BCUT2D eigenvalue weighted by atomic mass is 9.99. The second kappa shape index (κ2) is 15.3. The van der Waals surface area contributed by atoms with Crippen LogP contribution >= 0.6 is 0 Å². The maximum absolute atomic E-state index is 13.1. The Morgan fingerprint density at radius 3 is 2.39 bits per heavy atom. The topological polar surface area (TPSA) is 156 Å². The Kier molecular flexibility index (Phi) is 10.8. The minimum Gasteiger partial charge on any atom is -0.504 e. The van der Waals surface area contributed by atoms with Crippen LogP contribution in [0.25, 0.3) is 0 Å². The minimum atomic E-state index is -0.989. The molecule has 0 aliphatic heterocycles. The first kappa shape index (κ1) is 31.0. The molecule has 0 aromatic heterocycles. The fourth-order valence-corrected chi connectivity index (χ4v) is 4.32. The Labute approximate surface area is 255 Å². The molecule has 2 atom stereocenters. The molecule has 5 N–H and O–H groups in total. The van der Waals surface area contributed by atoms with Crippen LogP contribution in [0.15, 0.2) is 109 Å². The summed E-state index contributed by atoms with van der Waals surface area (Å²) in [5, 5.41) is 25.0. The first-order chi connectivity index (χ1) is 21.4. The number of nitrogens with one attached hydrogen (secondary N) is 2. The van der Waals surface area contributed by atoms with Crippen molar-refractivity contribution in [3.63, 3.8) is 0 Å². The van der Waals surface area contributed by atoms with Crippen LogP contribution in [0, 0.1) is 11.3 Å². The number of nitrogens with two attached hydrogens (primary N) is 1. The van der Waals surface area contributed by atoms with Crippen molar-refractivity contribution in [2.45, 2.75) is 25.0 Å². The van der Waals surface area contributed by atoms with E-state index in [1.165, 1.54) is 19.3 Å². The minimum absolute atomic E-state index is 0.138. The molecule has 4 aromatic rings. The number of carbonyl (C=O) groups is 2. The molecule has 0 heterocycles. The van der Waals surface area contributed by atoms with Gasteiger partial charge in [0.15, 0.2) is 17.6 Å². The molecule has 0 spiro atoms. The van der Waals surface area contributed by atoms with Gasteiger partial charge in [-0.25, -0.2) is 4.79 Å². The normalized spacial score (nSPS) is 12.0. The van der Waals surface area contributed by atoms with Gasteiger partial charge in [0.2, 0.25) is 5.91 Å². The quantitative estimate of drug-likeness (QED) is 0.106. The number of nitriles is 1. The van der Waals surface area contributed by atoms with E-state index in [-0.39, 0.29) is 17.4 Å². The van der Waals surface area contributed by atoms with Crippen LogP contribution < -0.4 is 25.8 Å². The summed E-state index contributed by atoms with van der Waals surface area (Å²) in [5.74, 6) is 0.306. The van der Waals surface area contributed by atoms with Crippen molar-refractivity contribution in [3.8, 4) is 23.3 Å². The number of aromatic hydroxyl groups is 1. The Hall–Kier alpha value is -5.95. The molecule has 44 heavy (non-hydrogen) atoms. The van der Waals surface area contributed by atoms with Gasteiger partial charge in [0, 0.05) is 11.3 Å². The number of phenols is 1. The molecule has 224 valence electrons. The fourth-order valence-electron chi connectivity index (χ4n) is 4.32. The summed E-state index contributed by atoms with van der Waals surface area (Å²) in [6, 6.07) is 29.0. The monoisotopic (exact) mass is 592 g/mol. The van der Waals surface area contributed by atoms with E-state index in [1.807, 2.05) is 24.3 Å². The van der Waals surface area contributed by atoms with Gasteiger partial charge in [-0.2, -0.15) is 5.26 Å². The first-order valence-electron chi connectivity index (χ1n) is 13.7. The van der Waals surface area contributed by atoms with Crippen molar-refractivity contribution in [3.05, 3.63) is 120 Å². The zero-order valence-electron chi connectivity index (χ0n) is 24.0. The molecule has 4 rings (SSSR count). The summed E-state index contributed by atoms with van der Waals surface area (Å²) in [6.45, 7) is 0. The van der Waals surface area contributed by atoms with Crippen molar-refractivity contribution in [2.75, 3.05) is 23.5 Å².